The molecule has 0 saturated carbocycles. The van der Waals surface area contributed by atoms with E-state index in [1.807, 2.05) is 6.07 Å². The molecule has 2 aromatic rings. The Balaban J connectivity index is 1.50. The summed E-state index contributed by atoms with van der Waals surface area (Å²) in [6.07, 6.45) is 1.94. The molecule has 1 atom stereocenters. The van der Waals surface area contributed by atoms with Gasteiger partial charge in [-0.3, -0.25) is 4.90 Å². The zero-order valence-corrected chi connectivity index (χ0v) is 16.3. The van der Waals surface area contributed by atoms with Crippen LogP contribution in [-0.2, 0) is 23.0 Å². The predicted octanol–water partition coefficient (Wildman–Crippen LogP) is 3.27. The van der Waals surface area contributed by atoms with Crippen LogP contribution in [0.5, 0.6) is 0 Å². The third-order valence-electron chi connectivity index (χ3n) is 5.26. The van der Waals surface area contributed by atoms with Gasteiger partial charge in [-0.05, 0) is 52.0 Å². The van der Waals surface area contributed by atoms with Crippen LogP contribution in [0, 0.1) is 0 Å². The first-order valence-electron chi connectivity index (χ1n) is 8.61. The van der Waals surface area contributed by atoms with Gasteiger partial charge >= 0.3 is 0 Å². The molecule has 1 saturated heterocycles. The summed E-state index contributed by atoms with van der Waals surface area (Å²) in [6, 6.07) is 15.9. The highest BCUT2D eigenvalue weighted by molar-refractivity contribution is 9.10. The average Bonchev–Trinajstić information content (AvgIpc) is 3.12. The monoisotopic (exact) mass is 420 g/mol. The molecule has 2 aliphatic rings. The molecule has 2 aliphatic heterocycles. The van der Waals surface area contributed by atoms with Crippen molar-refractivity contribution in [3.8, 4) is 0 Å². The second-order valence-corrected chi connectivity index (χ2v) is 9.49. The molecule has 1 fully saturated rings. The lowest BCUT2D eigenvalue weighted by molar-refractivity contribution is 0.185. The number of sulfonamides is 1. The van der Waals surface area contributed by atoms with Gasteiger partial charge in [-0.15, -0.1) is 0 Å². The Labute approximate surface area is 157 Å². The highest BCUT2D eigenvalue weighted by Crippen LogP contribution is 2.30. The fourth-order valence-corrected chi connectivity index (χ4v) is 6.30. The first-order chi connectivity index (χ1) is 12.1. The van der Waals surface area contributed by atoms with E-state index in [1.165, 1.54) is 11.1 Å². The number of fused-ring (bicyclic) bond motifs is 1. The average molecular weight is 421 g/mol. The minimum Gasteiger partial charge on any atom is -0.294 e. The number of halogens is 1. The summed E-state index contributed by atoms with van der Waals surface area (Å²) >= 11 is 3.37. The summed E-state index contributed by atoms with van der Waals surface area (Å²) in [6.45, 7) is 3.09. The number of nitrogens with zero attached hydrogens (tertiary/aromatic N) is 2. The van der Waals surface area contributed by atoms with Gasteiger partial charge < -0.3 is 0 Å². The van der Waals surface area contributed by atoms with Crippen LogP contribution in [0.3, 0.4) is 0 Å². The van der Waals surface area contributed by atoms with Crippen LogP contribution in [0.2, 0.25) is 0 Å². The number of hydrogen-bond acceptors (Lipinski definition) is 3. The van der Waals surface area contributed by atoms with Crippen LogP contribution in [0.1, 0.15) is 17.5 Å². The summed E-state index contributed by atoms with van der Waals surface area (Å²) in [7, 11) is -3.44. The lowest BCUT2D eigenvalue weighted by Gasteiger charge is -2.33. The number of rotatable bonds is 3. The van der Waals surface area contributed by atoms with E-state index in [-0.39, 0.29) is 0 Å². The fourth-order valence-electron chi connectivity index (χ4n) is 3.85. The fraction of sp³-hybridized carbons (Fsp3) is 0.368. The van der Waals surface area contributed by atoms with Crippen LogP contribution >= 0.6 is 15.9 Å². The van der Waals surface area contributed by atoms with Crippen molar-refractivity contribution in [1.82, 2.24) is 9.21 Å². The summed E-state index contributed by atoms with van der Waals surface area (Å²) in [5, 5.41) is 0. The molecular weight excluding hydrogens is 400 g/mol. The number of benzene rings is 2. The Kier molecular flexibility index (Phi) is 4.71. The second kappa shape index (κ2) is 6.83. The SMILES string of the molecule is O=S(=O)(c1ccccc1Br)N1CCC(N2CCc3ccccc3C2)C1. The Morgan fingerprint density at radius 3 is 2.48 bits per heavy atom. The highest BCUT2D eigenvalue weighted by Gasteiger charge is 2.36. The molecule has 1 unspecified atom stereocenters. The van der Waals surface area contributed by atoms with Gasteiger partial charge in [0.1, 0.15) is 0 Å². The zero-order valence-electron chi connectivity index (χ0n) is 13.9. The molecule has 0 aromatic heterocycles. The molecule has 6 heteroatoms. The molecule has 132 valence electrons. The molecule has 4 nitrogen and oxygen atoms in total. The normalized spacial score (nSPS) is 22.0. The molecule has 0 bridgehead atoms. The van der Waals surface area contributed by atoms with E-state index in [9.17, 15) is 8.42 Å². The van der Waals surface area contributed by atoms with Crippen LogP contribution in [0.25, 0.3) is 0 Å². The van der Waals surface area contributed by atoms with Crippen LogP contribution in [0.4, 0.5) is 0 Å². The third-order valence-corrected chi connectivity index (χ3v) is 8.13. The molecular formula is C19H21BrN2O2S. The van der Waals surface area contributed by atoms with Crippen molar-refractivity contribution in [2.75, 3.05) is 19.6 Å². The molecule has 2 heterocycles. The van der Waals surface area contributed by atoms with Crippen molar-refractivity contribution in [1.29, 1.82) is 0 Å². The number of hydrogen-bond donors (Lipinski definition) is 0. The van der Waals surface area contributed by atoms with Crippen molar-refractivity contribution in [3.05, 3.63) is 64.1 Å². The van der Waals surface area contributed by atoms with E-state index in [4.69, 9.17) is 0 Å². The molecule has 25 heavy (non-hydrogen) atoms. The van der Waals surface area contributed by atoms with Gasteiger partial charge in [0, 0.05) is 36.7 Å². The minimum atomic E-state index is -3.44. The second-order valence-electron chi connectivity index (χ2n) is 6.73. The summed E-state index contributed by atoms with van der Waals surface area (Å²) in [5.74, 6) is 0. The Morgan fingerprint density at radius 1 is 0.960 bits per heavy atom. The van der Waals surface area contributed by atoms with E-state index in [0.29, 0.717) is 28.5 Å². The van der Waals surface area contributed by atoms with Crippen LogP contribution in [0.15, 0.2) is 57.9 Å². The summed E-state index contributed by atoms with van der Waals surface area (Å²) in [5.41, 5.74) is 2.80. The van der Waals surface area contributed by atoms with E-state index in [0.717, 1.165) is 25.9 Å². The maximum absolute atomic E-state index is 13.0. The Bertz CT molecular complexity index is 884. The van der Waals surface area contributed by atoms with Gasteiger partial charge in [-0.25, -0.2) is 8.42 Å². The zero-order chi connectivity index (χ0) is 17.4. The van der Waals surface area contributed by atoms with Crippen molar-refractivity contribution in [3.63, 3.8) is 0 Å². The van der Waals surface area contributed by atoms with Crippen molar-refractivity contribution in [2.24, 2.45) is 0 Å². The van der Waals surface area contributed by atoms with Crippen LogP contribution in [-0.4, -0.2) is 43.3 Å². The Morgan fingerprint density at radius 2 is 1.68 bits per heavy atom. The van der Waals surface area contributed by atoms with E-state index >= 15 is 0 Å². The Hall–Kier alpha value is -1.21. The first-order valence-corrected chi connectivity index (χ1v) is 10.8. The van der Waals surface area contributed by atoms with Gasteiger partial charge in [0.15, 0.2) is 0 Å². The lowest BCUT2D eigenvalue weighted by atomic mass is 9.98. The van der Waals surface area contributed by atoms with Crippen molar-refractivity contribution in [2.45, 2.75) is 30.3 Å². The summed E-state index contributed by atoms with van der Waals surface area (Å²) < 4.78 is 28.2. The van der Waals surface area contributed by atoms with Gasteiger partial charge in [0.2, 0.25) is 10.0 Å². The highest BCUT2D eigenvalue weighted by atomic mass is 79.9. The molecule has 4 rings (SSSR count). The minimum absolute atomic E-state index is 0.297. The standard InChI is InChI=1S/C19H21BrN2O2S/c20-18-7-3-4-8-19(18)25(23,24)22-12-10-17(14-22)21-11-9-15-5-1-2-6-16(15)13-21/h1-8,17H,9-14H2. The molecule has 0 radical (unpaired) electrons. The van der Waals surface area contributed by atoms with Gasteiger partial charge in [0.25, 0.3) is 0 Å². The smallest absolute Gasteiger partial charge is 0.244 e. The third kappa shape index (κ3) is 3.28. The van der Waals surface area contributed by atoms with Gasteiger partial charge in [-0.2, -0.15) is 4.31 Å². The topological polar surface area (TPSA) is 40.6 Å². The van der Waals surface area contributed by atoms with Crippen molar-refractivity contribution >= 4 is 26.0 Å². The van der Waals surface area contributed by atoms with E-state index < -0.39 is 10.0 Å². The molecule has 2 aromatic carbocycles. The van der Waals surface area contributed by atoms with E-state index in [1.54, 1.807) is 22.5 Å². The first kappa shape index (κ1) is 17.2. The molecule has 0 aliphatic carbocycles. The van der Waals surface area contributed by atoms with Crippen molar-refractivity contribution < 1.29 is 8.42 Å². The quantitative estimate of drug-likeness (QED) is 0.764. The maximum atomic E-state index is 13.0. The maximum Gasteiger partial charge on any atom is 0.244 e. The van der Waals surface area contributed by atoms with Gasteiger partial charge in [-0.1, -0.05) is 36.4 Å². The predicted molar refractivity (Wildman–Crippen MR) is 102 cm³/mol. The van der Waals surface area contributed by atoms with Crippen LogP contribution < -0.4 is 0 Å². The lowest BCUT2D eigenvalue weighted by Crippen LogP contribution is -2.41. The van der Waals surface area contributed by atoms with Gasteiger partial charge in [0.05, 0.1) is 4.90 Å². The summed E-state index contributed by atoms with van der Waals surface area (Å²) in [4.78, 5) is 2.80. The largest absolute Gasteiger partial charge is 0.294 e. The van der Waals surface area contributed by atoms with E-state index in [2.05, 4.69) is 45.1 Å². The molecule has 0 N–H and O–H groups in total. The molecule has 0 spiro atoms. The molecule has 0 amide bonds.